The first-order valence-electron chi connectivity index (χ1n) is 9.35. The van der Waals surface area contributed by atoms with Crippen LogP contribution in [0.5, 0.6) is 5.75 Å². The maximum absolute atomic E-state index is 6.05. The molecule has 134 valence electrons. The largest absolute Gasteiger partial charge is 0.491 e. The van der Waals surface area contributed by atoms with E-state index < -0.39 is 0 Å². The molecule has 1 atom stereocenters. The van der Waals surface area contributed by atoms with Crippen LogP contribution in [0.4, 0.5) is 0 Å². The molecule has 2 rings (SSSR count). The Labute approximate surface area is 147 Å². The average Bonchev–Trinajstić information content (AvgIpc) is 2.76. The Hall–Kier alpha value is -1.48. The van der Waals surface area contributed by atoms with E-state index >= 15 is 0 Å². The van der Waals surface area contributed by atoms with Crippen molar-refractivity contribution in [3.05, 3.63) is 29.5 Å². The fourth-order valence-electron chi connectivity index (χ4n) is 3.05. The van der Waals surface area contributed by atoms with Gasteiger partial charge in [0.2, 0.25) is 0 Å². The second-order valence-electron chi connectivity index (χ2n) is 7.62. The highest BCUT2D eigenvalue weighted by Crippen LogP contribution is 2.30. The van der Waals surface area contributed by atoms with Crippen LogP contribution in [0.25, 0.3) is 10.9 Å². The van der Waals surface area contributed by atoms with Gasteiger partial charge in [-0.3, -0.25) is 0 Å². The second-order valence-corrected chi connectivity index (χ2v) is 7.62. The standard InChI is InChI=1S/C21H34N2O/c1-8-16(6)24-18-9-10-21-19(11-18)20(12-22-15(4)5)17(7)23(21)13-14(2)3/h9-11,14-16,22H,8,12-13H2,1-7H3/t16-/m0/s1. The summed E-state index contributed by atoms with van der Waals surface area (Å²) in [5.41, 5.74) is 4.08. The smallest absolute Gasteiger partial charge is 0.120 e. The molecule has 1 N–H and O–H groups in total. The molecule has 0 radical (unpaired) electrons. The molecule has 1 aromatic heterocycles. The number of hydrogen-bond acceptors (Lipinski definition) is 2. The van der Waals surface area contributed by atoms with Gasteiger partial charge in [0.15, 0.2) is 0 Å². The van der Waals surface area contributed by atoms with Crippen LogP contribution in [0.3, 0.4) is 0 Å². The highest BCUT2D eigenvalue weighted by molar-refractivity contribution is 5.87. The summed E-state index contributed by atoms with van der Waals surface area (Å²) in [5.74, 6) is 1.60. The molecule has 0 aliphatic rings. The monoisotopic (exact) mass is 330 g/mol. The van der Waals surface area contributed by atoms with Gasteiger partial charge in [-0.05, 0) is 49.9 Å². The number of nitrogens with one attached hydrogen (secondary N) is 1. The minimum Gasteiger partial charge on any atom is -0.491 e. The third-order valence-electron chi connectivity index (χ3n) is 4.57. The summed E-state index contributed by atoms with van der Waals surface area (Å²) >= 11 is 0. The van der Waals surface area contributed by atoms with Gasteiger partial charge in [0, 0.05) is 35.7 Å². The van der Waals surface area contributed by atoms with Crippen molar-refractivity contribution in [3.63, 3.8) is 0 Å². The van der Waals surface area contributed by atoms with Gasteiger partial charge >= 0.3 is 0 Å². The van der Waals surface area contributed by atoms with Crippen LogP contribution in [0.15, 0.2) is 18.2 Å². The Kier molecular flexibility index (Phi) is 6.34. The molecule has 0 saturated carbocycles. The Morgan fingerprint density at radius 2 is 1.83 bits per heavy atom. The maximum Gasteiger partial charge on any atom is 0.120 e. The van der Waals surface area contributed by atoms with Gasteiger partial charge in [0.05, 0.1) is 6.10 Å². The third kappa shape index (κ3) is 4.32. The molecule has 24 heavy (non-hydrogen) atoms. The molecule has 0 amide bonds. The van der Waals surface area contributed by atoms with E-state index in [9.17, 15) is 0 Å². The van der Waals surface area contributed by atoms with Crippen LogP contribution in [0, 0.1) is 12.8 Å². The Morgan fingerprint density at radius 1 is 1.12 bits per heavy atom. The van der Waals surface area contributed by atoms with Gasteiger partial charge in [-0.2, -0.15) is 0 Å². The number of rotatable bonds is 8. The Bertz CT molecular complexity index is 670. The average molecular weight is 331 g/mol. The second kappa shape index (κ2) is 8.06. The normalized spacial score (nSPS) is 13.2. The molecule has 0 bridgehead atoms. The molecule has 0 aliphatic heterocycles. The molecule has 1 heterocycles. The quantitative estimate of drug-likeness (QED) is 0.712. The number of nitrogens with zero attached hydrogens (tertiary/aromatic N) is 1. The first kappa shape index (κ1) is 18.9. The van der Waals surface area contributed by atoms with E-state index in [0.29, 0.717) is 12.0 Å². The summed E-state index contributed by atoms with van der Waals surface area (Å²) in [6.07, 6.45) is 1.27. The number of hydrogen-bond donors (Lipinski definition) is 1. The lowest BCUT2D eigenvalue weighted by Crippen LogP contribution is -2.22. The molecule has 0 aliphatic carbocycles. The van der Waals surface area contributed by atoms with Crippen molar-refractivity contribution >= 4 is 10.9 Å². The van der Waals surface area contributed by atoms with Gasteiger partial charge in [0.1, 0.15) is 5.75 Å². The first-order chi connectivity index (χ1) is 11.3. The van der Waals surface area contributed by atoms with Crippen molar-refractivity contribution < 1.29 is 4.74 Å². The van der Waals surface area contributed by atoms with Crippen LogP contribution in [-0.4, -0.2) is 16.7 Å². The zero-order chi connectivity index (χ0) is 17.9. The van der Waals surface area contributed by atoms with Crippen LogP contribution >= 0.6 is 0 Å². The van der Waals surface area contributed by atoms with Gasteiger partial charge in [-0.25, -0.2) is 0 Å². The SMILES string of the molecule is CC[C@H](C)Oc1ccc2c(c1)c(CNC(C)C)c(C)n2CC(C)C. The summed E-state index contributed by atoms with van der Waals surface area (Å²) in [7, 11) is 0. The zero-order valence-electron chi connectivity index (χ0n) is 16.4. The fraction of sp³-hybridized carbons (Fsp3) is 0.619. The van der Waals surface area contributed by atoms with Crippen LogP contribution < -0.4 is 10.1 Å². The van der Waals surface area contributed by atoms with E-state index in [1.54, 1.807) is 0 Å². The lowest BCUT2D eigenvalue weighted by Gasteiger charge is -2.13. The molecule has 3 heteroatoms. The van der Waals surface area contributed by atoms with Crippen molar-refractivity contribution in [2.24, 2.45) is 5.92 Å². The summed E-state index contributed by atoms with van der Waals surface area (Å²) in [4.78, 5) is 0. The van der Waals surface area contributed by atoms with Gasteiger partial charge in [-0.15, -0.1) is 0 Å². The van der Waals surface area contributed by atoms with Gasteiger partial charge in [-0.1, -0.05) is 34.6 Å². The molecule has 0 unspecified atom stereocenters. The number of fused-ring (bicyclic) bond motifs is 1. The van der Waals surface area contributed by atoms with Crippen molar-refractivity contribution in [1.29, 1.82) is 0 Å². The fourth-order valence-corrected chi connectivity index (χ4v) is 3.05. The highest BCUT2D eigenvalue weighted by atomic mass is 16.5. The third-order valence-corrected chi connectivity index (χ3v) is 4.57. The zero-order valence-corrected chi connectivity index (χ0v) is 16.4. The molecular formula is C21H34N2O. The molecule has 0 spiro atoms. The van der Waals surface area contributed by atoms with E-state index in [-0.39, 0.29) is 6.10 Å². The van der Waals surface area contributed by atoms with Gasteiger partial charge in [0.25, 0.3) is 0 Å². The van der Waals surface area contributed by atoms with Crippen LogP contribution in [-0.2, 0) is 13.1 Å². The highest BCUT2D eigenvalue weighted by Gasteiger charge is 2.16. The van der Waals surface area contributed by atoms with Gasteiger partial charge < -0.3 is 14.6 Å². The minimum absolute atomic E-state index is 0.249. The molecule has 0 saturated heterocycles. The van der Waals surface area contributed by atoms with Crippen molar-refractivity contribution in [3.8, 4) is 5.75 Å². The van der Waals surface area contributed by atoms with Crippen LogP contribution in [0.2, 0.25) is 0 Å². The van der Waals surface area contributed by atoms with Crippen molar-refractivity contribution in [1.82, 2.24) is 9.88 Å². The first-order valence-corrected chi connectivity index (χ1v) is 9.35. The van der Waals surface area contributed by atoms with E-state index in [4.69, 9.17) is 4.74 Å². The molecule has 1 aromatic carbocycles. The maximum atomic E-state index is 6.05. The summed E-state index contributed by atoms with van der Waals surface area (Å²) in [6, 6.07) is 7.04. The molecule has 3 nitrogen and oxygen atoms in total. The number of ether oxygens (including phenoxy) is 1. The predicted octanol–water partition coefficient (Wildman–Crippen LogP) is 5.28. The molecule has 0 fully saturated rings. The lowest BCUT2D eigenvalue weighted by molar-refractivity contribution is 0.217. The predicted molar refractivity (Wildman–Crippen MR) is 104 cm³/mol. The van der Waals surface area contributed by atoms with E-state index in [1.807, 2.05) is 0 Å². The van der Waals surface area contributed by atoms with Crippen LogP contribution in [0.1, 0.15) is 59.2 Å². The molecule has 2 aromatic rings. The summed E-state index contributed by atoms with van der Waals surface area (Å²) < 4.78 is 8.52. The van der Waals surface area contributed by atoms with Crippen molar-refractivity contribution in [2.45, 2.75) is 80.1 Å². The molecular weight excluding hydrogens is 296 g/mol. The lowest BCUT2D eigenvalue weighted by atomic mass is 10.1. The van der Waals surface area contributed by atoms with Crippen molar-refractivity contribution in [2.75, 3.05) is 0 Å². The number of aromatic nitrogens is 1. The Morgan fingerprint density at radius 3 is 2.42 bits per heavy atom. The number of benzene rings is 1. The van der Waals surface area contributed by atoms with E-state index in [2.05, 4.69) is 76.5 Å². The Balaban J connectivity index is 2.48. The minimum atomic E-state index is 0.249. The summed E-state index contributed by atoms with van der Waals surface area (Å²) in [5, 5.41) is 4.90. The van der Waals surface area contributed by atoms with E-state index in [1.165, 1.54) is 22.2 Å². The van der Waals surface area contributed by atoms with E-state index in [0.717, 1.165) is 25.3 Å². The topological polar surface area (TPSA) is 26.2 Å². The summed E-state index contributed by atoms with van der Waals surface area (Å²) in [6.45, 7) is 17.4.